The number of aromatic nitrogens is 2. The minimum atomic E-state index is 0.0376. The minimum Gasteiger partial charge on any atom is -0.425 e. The first-order chi connectivity index (χ1) is 9.49. The normalized spacial score (nSPS) is 11.8. The first-order valence-corrected chi connectivity index (χ1v) is 7.00. The van der Waals surface area contributed by atoms with Gasteiger partial charge in [0.2, 0.25) is 11.8 Å². The van der Waals surface area contributed by atoms with Crippen LogP contribution in [-0.2, 0) is 24.7 Å². The summed E-state index contributed by atoms with van der Waals surface area (Å²) < 4.78 is 5.44. The third kappa shape index (κ3) is 3.90. The second kappa shape index (κ2) is 6.18. The van der Waals surface area contributed by atoms with Crippen molar-refractivity contribution in [3.8, 4) is 0 Å². The monoisotopic (exact) mass is 274 g/mol. The molecule has 0 aliphatic rings. The predicted molar refractivity (Wildman–Crippen MR) is 77.6 cm³/mol. The maximum Gasteiger partial charge on any atom is 0.218 e. The first-order valence-electron chi connectivity index (χ1n) is 7.00. The van der Waals surface area contributed by atoms with Crippen LogP contribution in [0.25, 0.3) is 0 Å². The van der Waals surface area contributed by atoms with E-state index >= 15 is 0 Å². The molecule has 0 bridgehead atoms. The highest BCUT2D eigenvalue weighted by Gasteiger charge is 2.13. The Morgan fingerprint density at radius 3 is 2.10 bits per heavy atom. The van der Waals surface area contributed by atoms with Gasteiger partial charge >= 0.3 is 0 Å². The van der Waals surface area contributed by atoms with Gasteiger partial charge < -0.3 is 9.52 Å². The SMILES string of the molecule is CC(C)(C)c1ccc(CCc2nnc(CCO)o2)cc1. The standard InChI is InChI=1S/C16H22N2O2/c1-16(2,3)13-7-4-12(5-8-13)6-9-14-17-18-15(20-14)10-11-19/h4-5,7-8,19H,6,9-11H2,1-3H3. The average molecular weight is 274 g/mol. The van der Waals surface area contributed by atoms with Gasteiger partial charge in [0, 0.05) is 12.8 Å². The summed E-state index contributed by atoms with van der Waals surface area (Å²) in [7, 11) is 0. The maximum atomic E-state index is 8.80. The van der Waals surface area contributed by atoms with Crippen LogP contribution in [0.2, 0.25) is 0 Å². The van der Waals surface area contributed by atoms with E-state index in [-0.39, 0.29) is 12.0 Å². The van der Waals surface area contributed by atoms with Crippen LogP contribution in [0.15, 0.2) is 28.7 Å². The van der Waals surface area contributed by atoms with Crippen molar-refractivity contribution < 1.29 is 9.52 Å². The fourth-order valence-electron chi connectivity index (χ4n) is 2.01. The van der Waals surface area contributed by atoms with Crippen molar-refractivity contribution in [2.45, 2.75) is 45.4 Å². The molecule has 1 N–H and O–H groups in total. The molecular formula is C16H22N2O2. The van der Waals surface area contributed by atoms with E-state index in [1.54, 1.807) is 0 Å². The van der Waals surface area contributed by atoms with Crippen LogP contribution < -0.4 is 0 Å². The van der Waals surface area contributed by atoms with Crippen molar-refractivity contribution in [3.63, 3.8) is 0 Å². The summed E-state index contributed by atoms with van der Waals surface area (Å²) in [5, 5.41) is 16.7. The number of rotatable bonds is 5. The van der Waals surface area contributed by atoms with E-state index in [1.807, 2.05) is 0 Å². The second-order valence-corrected chi connectivity index (χ2v) is 6.01. The van der Waals surface area contributed by atoms with E-state index in [0.717, 1.165) is 12.8 Å². The number of nitrogens with zero attached hydrogens (tertiary/aromatic N) is 2. The molecule has 0 radical (unpaired) electrons. The maximum absolute atomic E-state index is 8.80. The molecule has 0 fully saturated rings. The minimum absolute atomic E-state index is 0.0376. The average Bonchev–Trinajstić information content (AvgIpc) is 2.84. The number of aliphatic hydroxyl groups excluding tert-OH is 1. The molecular weight excluding hydrogens is 252 g/mol. The van der Waals surface area contributed by atoms with Crippen LogP contribution in [0.3, 0.4) is 0 Å². The molecule has 2 aromatic rings. The zero-order valence-corrected chi connectivity index (χ0v) is 12.4. The number of benzene rings is 1. The lowest BCUT2D eigenvalue weighted by atomic mass is 9.86. The van der Waals surface area contributed by atoms with Gasteiger partial charge in [0.05, 0.1) is 6.61 Å². The van der Waals surface area contributed by atoms with Gasteiger partial charge in [0.25, 0.3) is 0 Å². The largest absolute Gasteiger partial charge is 0.425 e. The molecule has 108 valence electrons. The third-order valence-electron chi connectivity index (χ3n) is 3.28. The van der Waals surface area contributed by atoms with E-state index < -0.39 is 0 Å². The molecule has 20 heavy (non-hydrogen) atoms. The zero-order chi connectivity index (χ0) is 14.6. The predicted octanol–water partition coefficient (Wildman–Crippen LogP) is 2.69. The van der Waals surface area contributed by atoms with E-state index in [4.69, 9.17) is 9.52 Å². The summed E-state index contributed by atoms with van der Waals surface area (Å²) in [5.74, 6) is 1.14. The van der Waals surface area contributed by atoms with Crippen molar-refractivity contribution in [2.75, 3.05) is 6.61 Å². The highest BCUT2D eigenvalue weighted by Crippen LogP contribution is 2.22. The van der Waals surface area contributed by atoms with E-state index in [2.05, 4.69) is 55.2 Å². The first kappa shape index (κ1) is 14.7. The van der Waals surface area contributed by atoms with Crippen LogP contribution in [0.4, 0.5) is 0 Å². The molecule has 4 heteroatoms. The summed E-state index contributed by atoms with van der Waals surface area (Å²) in [6, 6.07) is 8.68. The molecule has 4 nitrogen and oxygen atoms in total. The van der Waals surface area contributed by atoms with Gasteiger partial charge in [-0.2, -0.15) is 0 Å². The van der Waals surface area contributed by atoms with Crippen LogP contribution >= 0.6 is 0 Å². The molecule has 0 aliphatic heterocycles. The van der Waals surface area contributed by atoms with Crippen LogP contribution in [-0.4, -0.2) is 21.9 Å². The smallest absolute Gasteiger partial charge is 0.218 e. The molecule has 0 unspecified atom stereocenters. The Morgan fingerprint density at radius 1 is 0.950 bits per heavy atom. The Bertz CT molecular complexity index is 538. The fourth-order valence-corrected chi connectivity index (χ4v) is 2.01. The van der Waals surface area contributed by atoms with Crippen LogP contribution in [0, 0.1) is 0 Å². The molecule has 2 rings (SSSR count). The second-order valence-electron chi connectivity index (χ2n) is 6.01. The molecule has 0 saturated heterocycles. The number of hydrogen-bond acceptors (Lipinski definition) is 4. The lowest BCUT2D eigenvalue weighted by Crippen LogP contribution is -2.10. The number of hydrogen-bond donors (Lipinski definition) is 1. The molecule has 0 saturated carbocycles. The molecule has 0 amide bonds. The molecule has 0 atom stereocenters. The van der Waals surface area contributed by atoms with Gasteiger partial charge in [-0.05, 0) is 23.0 Å². The van der Waals surface area contributed by atoms with Gasteiger partial charge in [0.1, 0.15) is 0 Å². The summed E-state index contributed by atoms with van der Waals surface area (Å²) >= 11 is 0. The Balaban J connectivity index is 1.93. The summed E-state index contributed by atoms with van der Waals surface area (Å²) in [6.45, 7) is 6.67. The Morgan fingerprint density at radius 2 is 1.55 bits per heavy atom. The topological polar surface area (TPSA) is 59.2 Å². The molecule has 1 heterocycles. The van der Waals surface area contributed by atoms with Crippen LogP contribution in [0.1, 0.15) is 43.7 Å². The van der Waals surface area contributed by atoms with E-state index in [0.29, 0.717) is 18.2 Å². The Labute approximate surface area is 119 Å². The summed E-state index contributed by atoms with van der Waals surface area (Å²) in [5.41, 5.74) is 2.79. The van der Waals surface area contributed by atoms with Gasteiger partial charge in [0.15, 0.2) is 0 Å². The number of aryl methyl sites for hydroxylation is 2. The van der Waals surface area contributed by atoms with Crippen molar-refractivity contribution in [2.24, 2.45) is 0 Å². The quantitative estimate of drug-likeness (QED) is 0.910. The Hall–Kier alpha value is -1.68. The number of aliphatic hydroxyl groups is 1. The van der Waals surface area contributed by atoms with Crippen LogP contribution in [0.5, 0.6) is 0 Å². The van der Waals surface area contributed by atoms with Gasteiger partial charge in [-0.15, -0.1) is 10.2 Å². The van der Waals surface area contributed by atoms with Gasteiger partial charge in [-0.25, -0.2) is 0 Å². The fraction of sp³-hybridized carbons (Fsp3) is 0.500. The molecule has 1 aromatic carbocycles. The molecule has 0 spiro atoms. The van der Waals surface area contributed by atoms with Crippen molar-refractivity contribution in [1.29, 1.82) is 0 Å². The van der Waals surface area contributed by atoms with E-state index in [1.165, 1.54) is 11.1 Å². The third-order valence-corrected chi connectivity index (χ3v) is 3.28. The molecule has 0 aliphatic carbocycles. The van der Waals surface area contributed by atoms with E-state index in [9.17, 15) is 0 Å². The molecule has 1 aromatic heterocycles. The highest BCUT2D eigenvalue weighted by atomic mass is 16.4. The summed E-state index contributed by atoms with van der Waals surface area (Å²) in [4.78, 5) is 0. The summed E-state index contributed by atoms with van der Waals surface area (Å²) in [6.07, 6.45) is 2.03. The van der Waals surface area contributed by atoms with Gasteiger partial charge in [-0.3, -0.25) is 0 Å². The van der Waals surface area contributed by atoms with Gasteiger partial charge in [-0.1, -0.05) is 45.0 Å². The zero-order valence-electron chi connectivity index (χ0n) is 12.4. The van der Waals surface area contributed by atoms with Crippen molar-refractivity contribution >= 4 is 0 Å². The van der Waals surface area contributed by atoms with Crippen molar-refractivity contribution in [1.82, 2.24) is 10.2 Å². The lowest BCUT2D eigenvalue weighted by molar-refractivity contribution is 0.283. The lowest BCUT2D eigenvalue weighted by Gasteiger charge is -2.19. The Kier molecular flexibility index (Phi) is 4.55. The highest BCUT2D eigenvalue weighted by molar-refractivity contribution is 5.27. The van der Waals surface area contributed by atoms with Crippen molar-refractivity contribution in [3.05, 3.63) is 47.2 Å².